The second-order valence-corrected chi connectivity index (χ2v) is 10.8. The number of aliphatic imine (C=N–C) groups is 1. The van der Waals surface area contributed by atoms with Gasteiger partial charge in [0.2, 0.25) is 0 Å². The number of carbonyl (C=O) groups excluding carboxylic acids is 4. The fourth-order valence-corrected chi connectivity index (χ4v) is 5.07. The van der Waals surface area contributed by atoms with Crippen molar-refractivity contribution in [1.82, 2.24) is 5.32 Å². The number of aromatic carboxylic acids is 2. The normalized spacial score (nSPS) is 15.7. The van der Waals surface area contributed by atoms with Crippen molar-refractivity contribution in [2.75, 3.05) is 0 Å². The molecule has 228 valence electrons. The Bertz CT molecular complexity index is 1900. The van der Waals surface area contributed by atoms with Crippen molar-refractivity contribution in [3.63, 3.8) is 0 Å². The SMILES string of the molecule is O.O=C1N=C([O-])S/C1=C\c1ccc(-c2ccc(C(=O)[O-])cc2)o1.O=C1NC(=O)/C(=C/c2ccc(-c3ccc(C(=O)O)cc3)o2)S1. The molecule has 2 aliphatic rings. The Labute approximate surface area is 261 Å². The molecule has 0 atom stereocenters. The van der Waals surface area contributed by atoms with Gasteiger partial charge in [0.05, 0.1) is 21.3 Å². The van der Waals surface area contributed by atoms with Crippen molar-refractivity contribution in [1.29, 1.82) is 0 Å². The number of nitrogens with one attached hydrogen (secondary N) is 1. The van der Waals surface area contributed by atoms with Crippen molar-refractivity contribution < 1.29 is 53.6 Å². The van der Waals surface area contributed by atoms with Gasteiger partial charge in [-0.25, -0.2) is 9.79 Å². The van der Waals surface area contributed by atoms with E-state index in [9.17, 15) is 34.2 Å². The maximum atomic E-state index is 11.4. The van der Waals surface area contributed by atoms with Gasteiger partial charge in [-0.05, 0) is 53.7 Å². The third-order valence-corrected chi connectivity index (χ3v) is 7.45. The summed E-state index contributed by atoms with van der Waals surface area (Å²) in [6, 6.07) is 19.0. The van der Waals surface area contributed by atoms with Crippen LogP contribution in [0.4, 0.5) is 4.79 Å². The number of furan rings is 2. The lowest BCUT2D eigenvalue weighted by molar-refractivity contribution is -0.255. The van der Waals surface area contributed by atoms with E-state index in [1.54, 1.807) is 48.5 Å². The zero-order valence-electron chi connectivity index (χ0n) is 22.5. The molecule has 1 saturated heterocycles. The van der Waals surface area contributed by atoms with E-state index in [0.29, 0.717) is 34.2 Å². The summed E-state index contributed by atoms with van der Waals surface area (Å²) < 4.78 is 11.1. The Morgan fingerprint density at radius 2 is 1.27 bits per heavy atom. The molecule has 13 nitrogen and oxygen atoms in total. The average Bonchev–Trinajstić information content (AvgIpc) is 3.78. The topological polar surface area (TPSA) is 234 Å². The van der Waals surface area contributed by atoms with Gasteiger partial charge in [0.25, 0.3) is 17.1 Å². The fraction of sp³-hybridized carbons (Fsp3) is 0. The Morgan fingerprint density at radius 3 is 1.69 bits per heavy atom. The minimum atomic E-state index is -1.25. The van der Waals surface area contributed by atoms with Crippen molar-refractivity contribution in [2.24, 2.45) is 4.99 Å². The molecule has 15 heteroatoms. The highest BCUT2D eigenvalue weighted by molar-refractivity contribution is 8.18. The first-order valence-corrected chi connectivity index (χ1v) is 14.0. The molecule has 4 aromatic rings. The van der Waals surface area contributed by atoms with Crippen LogP contribution in [-0.2, 0) is 9.59 Å². The van der Waals surface area contributed by atoms with Gasteiger partial charge < -0.3 is 34.4 Å². The maximum absolute atomic E-state index is 11.4. The number of thioether (sulfide) groups is 2. The second kappa shape index (κ2) is 13.8. The van der Waals surface area contributed by atoms with Crippen LogP contribution in [0.15, 0.2) is 96.4 Å². The van der Waals surface area contributed by atoms with Crippen LogP contribution in [0.5, 0.6) is 0 Å². The molecule has 1 fully saturated rings. The molecule has 45 heavy (non-hydrogen) atoms. The molecule has 0 bridgehead atoms. The first-order chi connectivity index (χ1) is 21.0. The van der Waals surface area contributed by atoms with E-state index in [-0.39, 0.29) is 26.4 Å². The van der Waals surface area contributed by atoms with Gasteiger partial charge in [-0.2, -0.15) is 0 Å². The minimum Gasteiger partial charge on any atom is -0.853 e. The number of nitrogens with zero attached hydrogens (tertiary/aromatic N) is 1. The third-order valence-electron chi connectivity index (χ3n) is 5.86. The highest BCUT2D eigenvalue weighted by Gasteiger charge is 2.25. The van der Waals surface area contributed by atoms with E-state index in [1.165, 1.54) is 36.4 Å². The maximum Gasteiger partial charge on any atom is 0.335 e. The Hall–Kier alpha value is -5.64. The standard InChI is InChI=1S/2C15H9NO5S.H2O/c2*17-13-12(22-15(20)16-13)7-10-5-6-11(21-10)8-1-3-9(4-2-8)14(18)19;/h2*1-7H,(H,18,19)(H,16,17,20);1H2/p-2/b2*12-7-;. The van der Waals surface area contributed by atoms with Crippen LogP contribution in [0.1, 0.15) is 32.2 Å². The molecular formula is C30H18N2O11S2-2. The molecule has 6 rings (SSSR count). The third kappa shape index (κ3) is 7.85. The number of carboxylic acids is 2. The summed E-state index contributed by atoms with van der Waals surface area (Å²) in [5.74, 6) is -1.38. The molecular weight excluding hydrogens is 628 g/mol. The molecule has 0 spiro atoms. The number of imide groups is 1. The molecule has 0 unspecified atom stereocenters. The van der Waals surface area contributed by atoms with Gasteiger partial charge in [-0.15, -0.1) is 0 Å². The quantitative estimate of drug-likeness (QED) is 0.288. The molecule has 0 saturated carbocycles. The lowest BCUT2D eigenvalue weighted by Crippen LogP contribution is -2.21. The summed E-state index contributed by atoms with van der Waals surface area (Å²) in [5.41, 5.74) is 1.66. The Balaban J connectivity index is 0.000000200. The van der Waals surface area contributed by atoms with Gasteiger partial charge in [-0.1, -0.05) is 48.2 Å². The van der Waals surface area contributed by atoms with Crippen LogP contribution in [0.3, 0.4) is 0 Å². The molecule has 2 aliphatic heterocycles. The second-order valence-electron chi connectivity index (χ2n) is 8.80. The van der Waals surface area contributed by atoms with Gasteiger partial charge in [0.15, 0.2) is 0 Å². The number of amides is 3. The average molecular weight is 647 g/mol. The zero-order valence-corrected chi connectivity index (χ0v) is 24.1. The first-order valence-electron chi connectivity index (χ1n) is 12.4. The van der Waals surface area contributed by atoms with E-state index in [4.69, 9.17) is 13.9 Å². The summed E-state index contributed by atoms with van der Waals surface area (Å²) in [7, 11) is 0. The van der Waals surface area contributed by atoms with Crippen LogP contribution in [0, 0.1) is 0 Å². The lowest BCUT2D eigenvalue weighted by atomic mass is 10.1. The predicted molar refractivity (Wildman–Crippen MR) is 160 cm³/mol. The number of benzene rings is 2. The van der Waals surface area contributed by atoms with Crippen molar-refractivity contribution in [3.8, 4) is 22.6 Å². The van der Waals surface area contributed by atoms with E-state index in [1.807, 2.05) is 0 Å². The van der Waals surface area contributed by atoms with Gasteiger partial charge in [0, 0.05) is 28.5 Å². The monoisotopic (exact) mass is 646 g/mol. The van der Waals surface area contributed by atoms with Crippen LogP contribution >= 0.6 is 23.5 Å². The molecule has 2 aromatic carbocycles. The highest BCUT2D eigenvalue weighted by atomic mass is 32.2. The molecule has 4 heterocycles. The number of carbonyl (C=O) groups is 5. The summed E-state index contributed by atoms with van der Waals surface area (Å²) in [6.07, 6.45) is 2.93. The van der Waals surface area contributed by atoms with E-state index in [2.05, 4.69) is 10.3 Å². The number of rotatable bonds is 6. The molecule has 3 amide bonds. The Kier molecular flexibility index (Phi) is 9.88. The van der Waals surface area contributed by atoms with E-state index in [0.717, 1.165) is 23.5 Å². The highest BCUT2D eigenvalue weighted by Crippen LogP contribution is 2.30. The fourth-order valence-electron chi connectivity index (χ4n) is 3.79. The minimum absolute atomic E-state index is 0. The van der Waals surface area contributed by atoms with Crippen molar-refractivity contribution in [3.05, 3.63) is 105 Å². The smallest absolute Gasteiger partial charge is 0.335 e. The lowest BCUT2D eigenvalue weighted by Gasteiger charge is -2.02. The van der Waals surface area contributed by atoms with Crippen LogP contribution in [-0.4, -0.2) is 44.8 Å². The molecule has 0 radical (unpaired) electrons. The molecule has 2 aromatic heterocycles. The van der Waals surface area contributed by atoms with Gasteiger partial charge >= 0.3 is 5.97 Å². The van der Waals surface area contributed by atoms with Gasteiger partial charge in [0.1, 0.15) is 23.0 Å². The first kappa shape index (κ1) is 32.3. The predicted octanol–water partition coefficient (Wildman–Crippen LogP) is 2.78. The number of hydrogen-bond acceptors (Lipinski definition) is 11. The Morgan fingerprint density at radius 1 is 0.756 bits per heavy atom. The van der Waals surface area contributed by atoms with Crippen LogP contribution in [0.2, 0.25) is 0 Å². The summed E-state index contributed by atoms with van der Waals surface area (Å²) in [6.45, 7) is 0. The molecule has 4 N–H and O–H groups in total. The van der Waals surface area contributed by atoms with Crippen LogP contribution in [0.25, 0.3) is 34.8 Å². The summed E-state index contributed by atoms with van der Waals surface area (Å²) in [5, 5.41) is 31.8. The zero-order chi connectivity index (χ0) is 31.4. The van der Waals surface area contributed by atoms with Gasteiger partial charge in [-0.3, -0.25) is 19.7 Å². The van der Waals surface area contributed by atoms with E-state index < -0.39 is 34.2 Å². The van der Waals surface area contributed by atoms with E-state index >= 15 is 0 Å². The van der Waals surface area contributed by atoms with Crippen LogP contribution < -0.4 is 15.5 Å². The summed E-state index contributed by atoms with van der Waals surface area (Å²) in [4.78, 5) is 59.2. The largest absolute Gasteiger partial charge is 0.853 e. The summed E-state index contributed by atoms with van der Waals surface area (Å²) >= 11 is 1.57. The van der Waals surface area contributed by atoms with Crippen molar-refractivity contribution >= 4 is 69.9 Å². The van der Waals surface area contributed by atoms with Crippen molar-refractivity contribution in [2.45, 2.75) is 0 Å². The number of carboxylic acid groups (broad SMARTS) is 2. The molecule has 0 aliphatic carbocycles. The number of hydrogen-bond donors (Lipinski definition) is 2.